The maximum Gasteiger partial charge on any atom is 0.231 e. The number of hydrogen-bond acceptors (Lipinski definition) is 5. The third-order valence-electron chi connectivity index (χ3n) is 3.64. The summed E-state index contributed by atoms with van der Waals surface area (Å²) in [6.07, 6.45) is 2.28. The van der Waals surface area contributed by atoms with Crippen LogP contribution in [0.4, 0.5) is 0 Å². The molecule has 1 fully saturated rings. The van der Waals surface area contributed by atoms with E-state index in [0.29, 0.717) is 24.0 Å². The molecule has 1 aromatic carbocycles. The summed E-state index contributed by atoms with van der Waals surface area (Å²) in [6.45, 7) is 3.58. The Kier molecular flexibility index (Phi) is 3.75. The first kappa shape index (κ1) is 12.6. The Morgan fingerprint density at radius 3 is 2.89 bits per heavy atom. The van der Waals surface area contributed by atoms with E-state index in [9.17, 15) is 5.11 Å². The van der Waals surface area contributed by atoms with Crippen LogP contribution in [0.15, 0.2) is 12.1 Å². The zero-order valence-corrected chi connectivity index (χ0v) is 10.9. The second-order valence-corrected chi connectivity index (χ2v) is 5.03. The third-order valence-corrected chi connectivity index (χ3v) is 3.64. The van der Waals surface area contributed by atoms with Crippen molar-refractivity contribution in [2.75, 3.05) is 26.6 Å². The minimum absolute atomic E-state index is 0.229. The summed E-state index contributed by atoms with van der Waals surface area (Å²) in [4.78, 5) is 0. The Labute approximate surface area is 112 Å². The van der Waals surface area contributed by atoms with Gasteiger partial charge in [-0.15, -0.1) is 0 Å². The predicted molar refractivity (Wildman–Crippen MR) is 69.5 cm³/mol. The van der Waals surface area contributed by atoms with Crippen LogP contribution in [-0.2, 0) is 11.3 Å². The highest BCUT2D eigenvalue weighted by atomic mass is 16.7. The van der Waals surface area contributed by atoms with Crippen molar-refractivity contribution in [3.05, 3.63) is 17.7 Å². The standard InChI is InChI=1S/C14H19NO4/c16-12-6-14-13(18-9-19-14)5-11(12)7-15-3-1-10-2-4-17-8-10/h5-6,10,15-16H,1-4,7-9H2. The summed E-state index contributed by atoms with van der Waals surface area (Å²) in [5.41, 5.74) is 0.840. The number of rotatable bonds is 5. The van der Waals surface area contributed by atoms with Gasteiger partial charge in [0.05, 0.1) is 0 Å². The number of hydrogen-bond donors (Lipinski definition) is 2. The highest BCUT2D eigenvalue weighted by Gasteiger charge is 2.17. The van der Waals surface area contributed by atoms with Crippen molar-refractivity contribution >= 4 is 0 Å². The van der Waals surface area contributed by atoms with Gasteiger partial charge in [-0.3, -0.25) is 0 Å². The smallest absolute Gasteiger partial charge is 0.231 e. The first-order valence-electron chi connectivity index (χ1n) is 6.73. The highest BCUT2D eigenvalue weighted by molar-refractivity contribution is 5.51. The molecule has 0 aromatic heterocycles. The molecule has 1 saturated heterocycles. The van der Waals surface area contributed by atoms with Gasteiger partial charge in [-0.25, -0.2) is 0 Å². The van der Waals surface area contributed by atoms with Crippen LogP contribution < -0.4 is 14.8 Å². The van der Waals surface area contributed by atoms with E-state index in [-0.39, 0.29) is 12.5 Å². The lowest BCUT2D eigenvalue weighted by Crippen LogP contribution is -2.18. The number of phenolic OH excluding ortho intramolecular Hbond substituents is 1. The lowest BCUT2D eigenvalue weighted by Gasteiger charge is -2.10. The molecule has 1 aromatic rings. The van der Waals surface area contributed by atoms with Crippen molar-refractivity contribution in [1.29, 1.82) is 0 Å². The summed E-state index contributed by atoms with van der Waals surface area (Å²) in [5, 5.41) is 13.2. The molecule has 19 heavy (non-hydrogen) atoms. The molecule has 0 radical (unpaired) electrons. The molecule has 2 aliphatic rings. The van der Waals surface area contributed by atoms with Crippen molar-refractivity contribution in [3.63, 3.8) is 0 Å². The number of phenols is 1. The van der Waals surface area contributed by atoms with Crippen LogP contribution in [0.3, 0.4) is 0 Å². The van der Waals surface area contributed by atoms with E-state index in [2.05, 4.69) is 5.32 Å². The molecule has 0 spiro atoms. The molecule has 1 atom stereocenters. The molecule has 0 saturated carbocycles. The van der Waals surface area contributed by atoms with E-state index in [1.54, 1.807) is 6.07 Å². The molecule has 0 amide bonds. The average molecular weight is 265 g/mol. The second-order valence-electron chi connectivity index (χ2n) is 5.03. The van der Waals surface area contributed by atoms with Crippen LogP contribution in [0.5, 0.6) is 17.2 Å². The van der Waals surface area contributed by atoms with Gasteiger partial charge in [0.2, 0.25) is 6.79 Å². The van der Waals surface area contributed by atoms with Crippen LogP contribution in [-0.4, -0.2) is 31.7 Å². The Hall–Kier alpha value is -1.46. The Morgan fingerprint density at radius 2 is 2.11 bits per heavy atom. The van der Waals surface area contributed by atoms with E-state index in [1.807, 2.05) is 6.07 Å². The number of benzene rings is 1. The molecular weight excluding hydrogens is 246 g/mol. The van der Waals surface area contributed by atoms with Gasteiger partial charge in [-0.2, -0.15) is 0 Å². The van der Waals surface area contributed by atoms with E-state index in [0.717, 1.165) is 38.2 Å². The quantitative estimate of drug-likeness (QED) is 0.793. The summed E-state index contributed by atoms with van der Waals surface area (Å²) >= 11 is 0. The van der Waals surface area contributed by atoms with Crippen molar-refractivity contribution in [2.45, 2.75) is 19.4 Å². The highest BCUT2D eigenvalue weighted by Crippen LogP contribution is 2.37. The van der Waals surface area contributed by atoms with Gasteiger partial charge in [-0.1, -0.05) is 0 Å². The Bertz CT molecular complexity index is 443. The maximum atomic E-state index is 9.89. The number of nitrogens with one attached hydrogen (secondary N) is 1. The molecule has 2 N–H and O–H groups in total. The van der Waals surface area contributed by atoms with Crippen LogP contribution in [0.2, 0.25) is 0 Å². The van der Waals surface area contributed by atoms with E-state index in [4.69, 9.17) is 14.2 Å². The van der Waals surface area contributed by atoms with Gasteiger partial charge < -0.3 is 24.6 Å². The van der Waals surface area contributed by atoms with E-state index >= 15 is 0 Å². The first-order valence-corrected chi connectivity index (χ1v) is 6.73. The van der Waals surface area contributed by atoms with E-state index in [1.165, 1.54) is 0 Å². The summed E-state index contributed by atoms with van der Waals surface area (Å²) < 4.78 is 15.9. The Balaban J connectivity index is 1.49. The Morgan fingerprint density at radius 1 is 1.26 bits per heavy atom. The van der Waals surface area contributed by atoms with Gasteiger partial charge in [0.15, 0.2) is 11.5 Å². The second kappa shape index (κ2) is 5.67. The fourth-order valence-corrected chi connectivity index (χ4v) is 2.46. The molecule has 5 heteroatoms. The lowest BCUT2D eigenvalue weighted by atomic mass is 10.1. The van der Waals surface area contributed by atoms with Gasteiger partial charge >= 0.3 is 0 Å². The van der Waals surface area contributed by atoms with Crippen molar-refractivity contribution < 1.29 is 19.3 Å². The zero-order chi connectivity index (χ0) is 13.1. The lowest BCUT2D eigenvalue weighted by molar-refractivity contribution is 0.174. The monoisotopic (exact) mass is 265 g/mol. The first-order chi connectivity index (χ1) is 9.33. The fraction of sp³-hybridized carbons (Fsp3) is 0.571. The van der Waals surface area contributed by atoms with Gasteiger partial charge in [0.25, 0.3) is 0 Å². The van der Waals surface area contributed by atoms with Gasteiger partial charge in [0.1, 0.15) is 5.75 Å². The number of fused-ring (bicyclic) bond motifs is 1. The molecule has 5 nitrogen and oxygen atoms in total. The van der Waals surface area contributed by atoms with Crippen LogP contribution in [0.1, 0.15) is 18.4 Å². The summed E-state index contributed by atoms with van der Waals surface area (Å²) in [6, 6.07) is 3.45. The van der Waals surface area contributed by atoms with Crippen molar-refractivity contribution in [2.24, 2.45) is 5.92 Å². The fourth-order valence-electron chi connectivity index (χ4n) is 2.46. The maximum absolute atomic E-state index is 9.89. The van der Waals surface area contributed by atoms with Crippen LogP contribution in [0.25, 0.3) is 0 Å². The molecule has 2 heterocycles. The molecular formula is C14H19NO4. The molecule has 104 valence electrons. The topological polar surface area (TPSA) is 60.0 Å². The average Bonchev–Trinajstić information content (AvgIpc) is 3.05. The minimum atomic E-state index is 0.229. The van der Waals surface area contributed by atoms with Crippen LogP contribution in [0, 0.1) is 5.92 Å². The molecule has 2 aliphatic heterocycles. The SMILES string of the molecule is Oc1cc2c(cc1CNCCC1CCOC1)OCO2. The number of aromatic hydroxyl groups is 1. The third kappa shape index (κ3) is 2.93. The van der Waals surface area contributed by atoms with Gasteiger partial charge in [-0.05, 0) is 31.4 Å². The van der Waals surface area contributed by atoms with Crippen molar-refractivity contribution in [3.8, 4) is 17.2 Å². The summed E-state index contributed by atoms with van der Waals surface area (Å²) in [7, 11) is 0. The van der Waals surface area contributed by atoms with Crippen molar-refractivity contribution in [1.82, 2.24) is 5.32 Å². The summed E-state index contributed by atoms with van der Waals surface area (Å²) in [5.74, 6) is 2.25. The molecule has 1 unspecified atom stereocenters. The van der Waals surface area contributed by atoms with E-state index < -0.39 is 0 Å². The largest absolute Gasteiger partial charge is 0.507 e. The normalized spacial score (nSPS) is 20.9. The predicted octanol–water partition coefficient (Wildman–Crippen LogP) is 1.64. The van der Waals surface area contributed by atoms with Crippen LogP contribution >= 0.6 is 0 Å². The minimum Gasteiger partial charge on any atom is -0.507 e. The number of ether oxygens (including phenoxy) is 3. The zero-order valence-electron chi connectivity index (χ0n) is 10.9. The molecule has 0 bridgehead atoms. The molecule has 3 rings (SSSR count). The molecule has 0 aliphatic carbocycles. The van der Waals surface area contributed by atoms with Gasteiger partial charge in [0, 0.05) is 31.4 Å².